The fourth-order valence-electron chi connectivity index (χ4n) is 5.45. The smallest absolute Gasteiger partial charge is 0.472 e. The number of hydrogen-bond acceptors (Lipinski definition) is 8. The molecule has 0 aromatic carbocycles. The minimum atomic E-state index is -4.53. The van der Waals surface area contributed by atoms with E-state index in [1.165, 1.54) is 96.3 Å². The SMILES string of the molecule is CCCC/C=C\C/C=C\CCCCCCCC(=O)O[C@H](CO/C=C\CCCCCCCCCCCCCCCC)COP(=O)(O)OC[C@@H](O)CO. The van der Waals surface area contributed by atoms with Crippen molar-refractivity contribution in [2.75, 3.05) is 26.4 Å². The molecule has 0 heterocycles. The number of aliphatic hydroxyl groups is 2. The van der Waals surface area contributed by atoms with Gasteiger partial charge >= 0.3 is 13.8 Å². The number of phosphoric ester groups is 1. The summed E-state index contributed by atoms with van der Waals surface area (Å²) < 4.78 is 33.0. The van der Waals surface area contributed by atoms with Gasteiger partial charge in [-0.3, -0.25) is 13.8 Å². The Labute approximate surface area is 312 Å². The maximum Gasteiger partial charge on any atom is 0.472 e. The standard InChI is InChI=1S/C41H77O9P/c1-3-5-7-9-11-13-15-17-19-20-22-24-26-28-30-32-34-47-37-40(38-49-51(45,46)48-36-39(43)35-42)50-41(44)33-31-29-27-25-23-21-18-16-14-12-10-8-6-4-2/h10,12,16,18,32,34,39-40,42-43H,3-9,11,13-15,17,19-31,33,35-38H2,1-2H3,(H,45,46)/b12-10-,18-16-,34-32-/t39-,40+/m0/s1. The van der Waals surface area contributed by atoms with Crippen LogP contribution in [0.1, 0.15) is 181 Å². The molecule has 0 fully saturated rings. The summed E-state index contributed by atoms with van der Waals surface area (Å²) >= 11 is 0. The fraction of sp³-hybridized carbons (Fsp3) is 0.829. The molecule has 0 saturated carbocycles. The number of phosphoric acid groups is 1. The third-order valence-corrected chi connectivity index (χ3v) is 9.59. The number of esters is 1. The van der Waals surface area contributed by atoms with Crippen molar-refractivity contribution in [1.82, 2.24) is 0 Å². The molecule has 1 unspecified atom stereocenters. The van der Waals surface area contributed by atoms with E-state index in [4.69, 9.17) is 23.6 Å². The monoisotopic (exact) mass is 745 g/mol. The van der Waals surface area contributed by atoms with E-state index in [2.05, 4.69) is 38.2 Å². The van der Waals surface area contributed by atoms with Crippen molar-refractivity contribution in [3.63, 3.8) is 0 Å². The number of unbranched alkanes of at least 4 members (excludes halogenated alkanes) is 21. The first kappa shape index (κ1) is 49.5. The van der Waals surface area contributed by atoms with Crippen molar-refractivity contribution in [2.24, 2.45) is 0 Å². The van der Waals surface area contributed by atoms with Gasteiger partial charge in [0.1, 0.15) is 12.7 Å². The molecule has 3 atom stereocenters. The maximum atomic E-state index is 12.6. The highest BCUT2D eigenvalue weighted by atomic mass is 31.2. The Bertz CT molecular complexity index is 892. The number of aliphatic hydroxyl groups excluding tert-OH is 2. The van der Waals surface area contributed by atoms with Crippen molar-refractivity contribution < 1.29 is 43.0 Å². The Hall–Kier alpha value is -1.48. The van der Waals surface area contributed by atoms with Crippen LogP contribution in [0.4, 0.5) is 0 Å². The van der Waals surface area contributed by atoms with Crippen LogP contribution in [0.25, 0.3) is 0 Å². The molecule has 0 aromatic rings. The molecule has 0 spiro atoms. The zero-order valence-electron chi connectivity index (χ0n) is 32.6. The van der Waals surface area contributed by atoms with Crippen LogP contribution in [0, 0.1) is 0 Å². The lowest BCUT2D eigenvalue weighted by molar-refractivity contribution is -0.153. The molecular formula is C41H77O9P. The van der Waals surface area contributed by atoms with Gasteiger partial charge in [0, 0.05) is 6.42 Å². The molecular weight excluding hydrogens is 667 g/mol. The Morgan fingerprint density at radius 2 is 1.08 bits per heavy atom. The van der Waals surface area contributed by atoms with Crippen LogP contribution >= 0.6 is 7.82 Å². The molecule has 300 valence electrons. The molecule has 0 rings (SSSR count). The fourth-order valence-corrected chi connectivity index (χ4v) is 6.24. The third-order valence-electron chi connectivity index (χ3n) is 8.64. The first-order chi connectivity index (χ1) is 24.8. The number of carbonyl (C=O) groups is 1. The van der Waals surface area contributed by atoms with Gasteiger partial charge in [-0.2, -0.15) is 0 Å². The van der Waals surface area contributed by atoms with Crippen LogP contribution in [0.5, 0.6) is 0 Å². The average Bonchev–Trinajstić information content (AvgIpc) is 3.12. The van der Waals surface area contributed by atoms with Crippen molar-refractivity contribution in [3.8, 4) is 0 Å². The first-order valence-electron chi connectivity index (χ1n) is 20.5. The maximum absolute atomic E-state index is 12.6. The molecule has 3 N–H and O–H groups in total. The third kappa shape index (κ3) is 38.1. The van der Waals surface area contributed by atoms with Crippen LogP contribution in [0.2, 0.25) is 0 Å². The Morgan fingerprint density at radius 3 is 1.63 bits per heavy atom. The lowest BCUT2D eigenvalue weighted by atomic mass is 10.0. The van der Waals surface area contributed by atoms with Crippen molar-refractivity contribution in [2.45, 2.75) is 193 Å². The van der Waals surface area contributed by atoms with Gasteiger partial charge in [0.15, 0.2) is 6.10 Å². The molecule has 9 nitrogen and oxygen atoms in total. The van der Waals surface area contributed by atoms with Gasteiger partial charge in [0.2, 0.25) is 0 Å². The minimum Gasteiger partial charge on any atom is -0.498 e. The van der Waals surface area contributed by atoms with E-state index in [-0.39, 0.29) is 13.0 Å². The molecule has 0 aliphatic carbocycles. The summed E-state index contributed by atoms with van der Waals surface area (Å²) in [4.78, 5) is 22.5. The molecule has 10 heteroatoms. The van der Waals surface area contributed by atoms with Crippen molar-refractivity contribution in [1.29, 1.82) is 0 Å². The van der Waals surface area contributed by atoms with E-state index in [0.29, 0.717) is 6.42 Å². The van der Waals surface area contributed by atoms with Gasteiger partial charge in [-0.1, -0.05) is 154 Å². The summed E-state index contributed by atoms with van der Waals surface area (Å²) in [6.45, 7) is 2.83. The van der Waals surface area contributed by atoms with Gasteiger partial charge in [0.25, 0.3) is 0 Å². The molecule has 0 aliphatic heterocycles. The molecule has 51 heavy (non-hydrogen) atoms. The van der Waals surface area contributed by atoms with E-state index in [0.717, 1.165) is 57.8 Å². The number of allylic oxidation sites excluding steroid dienone is 5. The molecule has 0 aliphatic rings. The molecule has 0 radical (unpaired) electrons. The largest absolute Gasteiger partial charge is 0.498 e. The zero-order valence-corrected chi connectivity index (χ0v) is 33.5. The summed E-state index contributed by atoms with van der Waals surface area (Å²) in [5.41, 5.74) is 0. The number of rotatable bonds is 39. The lowest BCUT2D eigenvalue weighted by Crippen LogP contribution is -2.28. The van der Waals surface area contributed by atoms with Gasteiger partial charge < -0.3 is 24.6 Å². The molecule has 0 amide bonds. The second-order valence-electron chi connectivity index (χ2n) is 13.7. The minimum absolute atomic E-state index is 0.0394. The van der Waals surface area contributed by atoms with Gasteiger partial charge in [-0.15, -0.1) is 0 Å². The van der Waals surface area contributed by atoms with Crippen LogP contribution < -0.4 is 0 Å². The zero-order chi connectivity index (χ0) is 37.5. The lowest BCUT2D eigenvalue weighted by Gasteiger charge is -2.20. The summed E-state index contributed by atoms with van der Waals surface area (Å²) in [5.74, 6) is -0.419. The average molecular weight is 745 g/mol. The number of hydrogen-bond donors (Lipinski definition) is 3. The number of ether oxygens (including phenoxy) is 2. The van der Waals surface area contributed by atoms with Gasteiger partial charge in [-0.25, -0.2) is 4.57 Å². The van der Waals surface area contributed by atoms with E-state index in [1.54, 1.807) is 6.26 Å². The second kappa shape index (κ2) is 38.3. The van der Waals surface area contributed by atoms with Crippen molar-refractivity contribution in [3.05, 3.63) is 36.6 Å². The van der Waals surface area contributed by atoms with Crippen LogP contribution in [0.15, 0.2) is 36.6 Å². The predicted octanol–water partition coefficient (Wildman–Crippen LogP) is 11.2. The highest BCUT2D eigenvalue weighted by molar-refractivity contribution is 7.47. The Kier molecular flexibility index (Phi) is 37.1. The topological polar surface area (TPSA) is 132 Å². The van der Waals surface area contributed by atoms with Gasteiger partial charge in [-0.05, 0) is 51.0 Å². The molecule has 0 saturated heterocycles. The van der Waals surface area contributed by atoms with Crippen molar-refractivity contribution >= 4 is 13.8 Å². The quantitative estimate of drug-likeness (QED) is 0.0185. The van der Waals surface area contributed by atoms with Gasteiger partial charge in [0.05, 0.1) is 26.1 Å². The van der Waals surface area contributed by atoms with Crippen LogP contribution in [-0.4, -0.2) is 59.7 Å². The van der Waals surface area contributed by atoms with Crippen LogP contribution in [0.3, 0.4) is 0 Å². The summed E-state index contributed by atoms with van der Waals surface area (Å²) in [5, 5.41) is 18.3. The summed E-state index contributed by atoms with van der Waals surface area (Å²) in [6, 6.07) is 0. The highest BCUT2D eigenvalue weighted by Gasteiger charge is 2.26. The van der Waals surface area contributed by atoms with E-state index >= 15 is 0 Å². The highest BCUT2D eigenvalue weighted by Crippen LogP contribution is 2.43. The predicted molar refractivity (Wildman–Crippen MR) is 209 cm³/mol. The second-order valence-corrected chi connectivity index (χ2v) is 15.2. The normalized spacial score (nSPS) is 14.5. The molecule has 0 bridgehead atoms. The molecule has 0 aromatic heterocycles. The van der Waals surface area contributed by atoms with E-state index in [1.807, 2.05) is 6.08 Å². The van der Waals surface area contributed by atoms with Crippen LogP contribution in [-0.2, 0) is 27.9 Å². The Balaban J connectivity index is 4.27. The first-order valence-corrected chi connectivity index (χ1v) is 22.0. The Morgan fingerprint density at radius 1 is 0.608 bits per heavy atom. The number of carbonyl (C=O) groups excluding carboxylic acids is 1. The summed E-state index contributed by atoms with van der Waals surface area (Å²) in [7, 11) is -4.53. The van der Waals surface area contributed by atoms with E-state index < -0.39 is 45.8 Å². The van der Waals surface area contributed by atoms with E-state index in [9.17, 15) is 19.4 Å². The summed E-state index contributed by atoms with van der Waals surface area (Å²) in [6.07, 6.45) is 40.4.